The van der Waals surface area contributed by atoms with E-state index in [0.29, 0.717) is 18.2 Å². The number of carbonyl (C=O) groups excluding carboxylic acids is 1. The largest absolute Gasteiger partial charge is 0.342 e. The molecule has 0 bridgehead atoms. The van der Waals surface area contributed by atoms with Gasteiger partial charge in [-0.2, -0.15) is 10.2 Å². The summed E-state index contributed by atoms with van der Waals surface area (Å²) < 4.78 is 1.70. The van der Waals surface area contributed by atoms with Crippen LogP contribution in [-0.2, 0) is 13.0 Å². The molecule has 3 aromatic rings. The molecule has 7 heteroatoms. The second-order valence-electron chi connectivity index (χ2n) is 6.43. The first kappa shape index (κ1) is 16.9. The van der Waals surface area contributed by atoms with E-state index in [0.717, 1.165) is 17.7 Å². The Kier molecular flexibility index (Phi) is 5.23. The summed E-state index contributed by atoms with van der Waals surface area (Å²) in [4.78, 5) is 16.6. The Balaban J connectivity index is 1.75. The van der Waals surface area contributed by atoms with Crippen LogP contribution in [0.4, 0.5) is 0 Å². The lowest BCUT2D eigenvalue weighted by molar-refractivity contribution is 0.0926. The Hall–Kier alpha value is -2.96. The van der Waals surface area contributed by atoms with Gasteiger partial charge in [-0.25, -0.2) is 4.98 Å². The van der Waals surface area contributed by atoms with E-state index in [2.05, 4.69) is 39.4 Å². The van der Waals surface area contributed by atoms with E-state index < -0.39 is 0 Å². The van der Waals surface area contributed by atoms with E-state index in [1.807, 2.05) is 36.4 Å². The summed E-state index contributed by atoms with van der Waals surface area (Å²) >= 11 is 0. The molecular formula is C18H22N6O. The fourth-order valence-electron chi connectivity index (χ4n) is 2.69. The van der Waals surface area contributed by atoms with Crippen LogP contribution >= 0.6 is 0 Å². The number of rotatable bonds is 7. The molecular weight excluding hydrogens is 316 g/mol. The van der Waals surface area contributed by atoms with Gasteiger partial charge in [-0.3, -0.25) is 14.6 Å². The quantitative estimate of drug-likeness (QED) is 0.692. The molecule has 0 aliphatic rings. The Morgan fingerprint density at radius 3 is 2.76 bits per heavy atom. The van der Waals surface area contributed by atoms with Crippen molar-refractivity contribution in [3.63, 3.8) is 0 Å². The van der Waals surface area contributed by atoms with Gasteiger partial charge in [-0.1, -0.05) is 44.2 Å². The standard InChI is InChI=1S/C18H22N6O/c1-13(2)8-15-9-16(23-22-15)18(25)21-17(10-24-12-19-11-20-24)14-6-4-3-5-7-14/h3-7,9,11-13,17H,8,10H2,1-2H3,(H,21,25)(H,22,23)/t17-/m1/s1. The van der Waals surface area contributed by atoms with Crippen molar-refractivity contribution in [2.45, 2.75) is 32.9 Å². The van der Waals surface area contributed by atoms with Crippen molar-refractivity contribution in [1.29, 1.82) is 0 Å². The molecule has 0 unspecified atom stereocenters. The van der Waals surface area contributed by atoms with Gasteiger partial charge in [-0.15, -0.1) is 0 Å². The molecule has 0 spiro atoms. The van der Waals surface area contributed by atoms with E-state index >= 15 is 0 Å². The van der Waals surface area contributed by atoms with Gasteiger partial charge >= 0.3 is 0 Å². The zero-order valence-corrected chi connectivity index (χ0v) is 14.4. The van der Waals surface area contributed by atoms with Crippen LogP contribution in [0.1, 0.15) is 41.6 Å². The Morgan fingerprint density at radius 2 is 2.08 bits per heavy atom. The van der Waals surface area contributed by atoms with Crippen molar-refractivity contribution < 1.29 is 4.79 Å². The minimum absolute atomic E-state index is 0.208. The molecule has 1 amide bonds. The summed E-state index contributed by atoms with van der Waals surface area (Å²) in [6.07, 6.45) is 3.98. The molecule has 0 radical (unpaired) electrons. The van der Waals surface area contributed by atoms with Gasteiger partial charge in [0.25, 0.3) is 5.91 Å². The van der Waals surface area contributed by atoms with Gasteiger partial charge in [0.05, 0.1) is 12.6 Å². The topological polar surface area (TPSA) is 88.5 Å². The molecule has 0 aliphatic carbocycles. The van der Waals surface area contributed by atoms with Gasteiger partial charge in [0.15, 0.2) is 0 Å². The van der Waals surface area contributed by atoms with Gasteiger partial charge in [0.1, 0.15) is 18.3 Å². The molecule has 0 saturated carbocycles. The highest BCUT2D eigenvalue weighted by Gasteiger charge is 2.19. The van der Waals surface area contributed by atoms with Gasteiger partial charge in [-0.05, 0) is 24.0 Å². The second-order valence-corrected chi connectivity index (χ2v) is 6.43. The van der Waals surface area contributed by atoms with Crippen LogP contribution in [0.25, 0.3) is 0 Å². The molecule has 0 aliphatic heterocycles. The molecule has 0 saturated heterocycles. The molecule has 3 rings (SSSR count). The van der Waals surface area contributed by atoms with E-state index in [9.17, 15) is 4.79 Å². The fraction of sp³-hybridized carbons (Fsp3) is 0.333. The first-order valence-electron chi connectivity index (χ1n) is 8.34. The molecule has 1 atom stereocenters. The molecule has 25 heavy (non-hydrogen) atoms. The molecule has 130 valence electrons. The van der Waals surface area contributed by atoms with E-state index in [1.165, 1.54) is 6.33 Å². The normalized spacial score (nSPS) is 12.3. The summed E-state index contributed by atoms with van der Waals surface area (Å²) in [6, 6.07) is 11.4. The minimum atomic E-state index is -0.222. The van der Waals surface area contributed by atoms with Crippen molar-refractivity contribution in [1.82, 2.24) is 30.3 Å². The maximum absolute atomic E-state index is 12.6. The van der Waals surface area contributed by atoms with E-state index in [-0.39, 0.29) is 11.9 Å². The van der Waals surface area contributed by atoms with Gasteiger partial charge in [0, 0.05) is 5.69 Å². The third-order valence-electron chi connectivity index (χ3n) is 3.84. The Labute approximate surface area is 146 Å². The minimum Gasteiger partial charge on any atom is -0.342 e. The van der Waals surface area contributed by atoms with Gasteiger partial charge < -0.3 is 5.32 Å². The maximum Gasteiger partial charge on any atom is 0.272 e. The molecule has 0 fully saturated rings. The second kappa shape index (κ2) is 7.74. The van der Waals surface area contributed by atoms with Crippen LogP contribution in [0.3, 0.4) is 0 Å². The lowest BCUT2D eigenvalue weighted by Gasteiger charge is -2.18. The van der Waals surface area contributed by atoms with Crippen LogP contribution in [0.2, 0.25) is 0 Å². The predicted molar refractivity (Wildman–Crippen MR) is 93.8 cm³/mol. The SMILES string of the molecule is CC(C)Cc1cc(C(=O)N[C@H](Cn2cncn2)c2ccccc2)n[nH]1. The fourth-order valence-corrected chi connectivity index (χ4v) is 2.69. The first-order valence-corrected chi connectivity index (χ1v) is 8.34. The summed E-state index contributed by atoms with van der Waals surface area (Å²) in [7, 11) is 0. The van der Waals surface area contributed by atoms with Crippen LogP contribution in [0, 0.1) is 5.92 Å². The van der Waals surface area contributed by atoms with Crippen molar-refractivity contribution in [3.05, 3.63) is 66.0 Å². The number of aromatic nitrogens is 5. The number of amides is 1. The molecule has 1 aromatic carbocycles. The highest BCUT2D eigenvalue weighted by molar-refractivity contribution is 5.92. The third kappa shape index (κ3) is 4.53. The number of benzene rings is 1. The van der Waals surface area contributed by atoms with Crippen molar-refractivity contribution >= 4 is 5.91 Å². The number of hydrogen-bond donors (Lipinski definition) is 2. The van der Waals surface area contributed by atoms with Crippen LogP contribution < -0.4 is 5.32 Å². The summed E-state index contributed by atoms with van der Waals surface area (Å²) in [5.41, 5.74) is 2.37. The molecule has 2 N–H and O–H groups in total. The van der Waals surface area contributed by atoms with Crippen LogP contribution in [0.5, 0.6) is 0 Å². The molecule has 2 heterocycles. The van der Waals surface area contributed by atoms with E-state index in [4.69, 9.17) is 0 Å². The lowest BCUT2D eigenvalue weighted by atomic mass is 10.1. The predicted octanol–water partition coefficient (Wildman–Crippen LogP) is 2.37. The summed E-state index contributed by atoms with van der Waals surface area (Å²) in [5, 5.41) is 14.3. The lowest BCUT2D eigenvalue weighted by Crippen LogP contribution is -2.31. The smallest absolute Gasteiger partial charge is 0.272 e. The number of hydrogen-bond acceptors (Lipinski definition) is 4. The maximum atomic E-state index is 12.6. The van der Waals surface area contributed by atoms with Crippen LogP contribution in [0.15, 0.2) is 49.1 Å². The number of H-pyrrole nitrogens is 1. The zero-order chi connectivity index (χ0) is 17.6. The molecule has 2 aromatic heterocycles. The van der Waals surface area contributed by atoms with Crippen molar-refractivity contribution in [2.75, 3.05) is 0 Å². The van der Waals surface area contributed by atoms with Gasteiger partial charge in [0.2, 0.25) is 0 Å². The van der Waals surface area contributed by atoms with Crippen LogP contribution in [-0.4, -0.2) is 30.9 Å². The molecule has 7 nitrogen and oxygen atoms in total. The zero-order valence-electron chi connectivity index (χ0n) is 14.4. The summed E-state index contributed by atoms with van der Waals surface area (Å²) in [5.74, 6) is 0.293. The summed E-state index contributed by atoms with van der Waals surface area (Å²) in [6.45, 7) is 4.76. The average molecular weight is 338 g/mol. The first-order chi connectivity index (χ1) is 12.1. The Bertz CT molecular complexity index is 794. The highest BCUT2D eigenvalue weighted by Crippen LogP contribution is 2.16. The average Bonchev–Trinajstić information content (AvgIpc) is 3.26. The Morgan fingerprint density at radius 1 is 1.28 bits per heavy atom. The third-order valence-corrected chi connectivity index (χ3v) is 3.84. The number of nitrogens with zero attached hydrogens (tertiary/aromatic N) is 4. The van der Waals surface area contributed by atoms with Crippen molar-refractivity contribution in [2.24, 2.45) is 5.92 Å². The van der Waals surface area contributed by atoms with E-state index in [1.54, 1.807) is 11.0 Å². The monoisotopic (exact) mass is 338 g/mol. The number of aromatic amines is 1. The number of nitrogens with one attached hydrogen (secondary N) is 2. The van der Waals surface area contributed by atoms with Crippen molar-refractivity contribution in [3.8, 4) is 0 Å². The highest BCUT2D eigenvalue weighted by atomic mass is 16.2. The number of carbonyl (C=O) groups is 1.